The first-order valence-corrected chi connectivity index (χ1v) is 11.0. The fourth-order valence-electron chi connectivity index (χ4n) is 3.87. The van der Waals surface area contributed by atoms with Crippen molar-refractivity contribution in [3.63, 3.8) is 0 Å². The molecule has 2 aliphatic rings. The molecule has 3 N–H and O–H groups in total. The highest BCUT2D eigenvalue weighted by atomic mass is 16.5. The van der Waals surface area contributed by atoms with Crippen LogP contribution in [0, 0.1) is 11.8 Å². The third kappa shape index (κ3) is 7.08. The number of aryl methyl sites for hydroxylation is 1. The number of benzene rings is 1. The van der Waals surface area contributed by atoms with Gasteiger partial charge >= 0.3 is 5.97 Å². The van der Waals surface area contributed by atoms with Crippen molar-refractivity contribution in [2.24, 2.45) is 11.8 Å². The summed E-state index contributed by atoms with van der Waals surface area (Å²) in [6.45, 7) is 0.563. The van der Waals surface area contributed by atoms with E-state index in [0.29, 0.717) is 31.7 Å². The van der Waals surface area contributed by atoms with Crippen molar-refractivity contribution in [1.82, 2.24) is 16.0 Å². The minimum Gasteiger partial charge on any atom is -0.467 e. The van der Waals surface area contributed by atoms with Gasteiger partial charge < -0.3 is 20.7 Å². The first-order chi connectivity index (χ1) is 15.0. The van der Waals surface area contributed by atoms with Crippen LogP contribution in [0.5, 0.6) is 0 Å². The van der Waals surface area contributed by atoms with Gasteiger partial charge in [0, 0.05) is 18.9 Å². The van der Waals surface area contributed by atoms with E-state index in [0.717, 1.165) is 18.4 Å². The standard InChI is InChI=1S/C23H31N3O5/c1-31-23(30)19(14-17-11-12-24-21(17)28)26-22(29)18(13-16-7-8-16)25-20(27)10-9-15-5-3-2-4-6-15/h2-6,16-19H,7-14H2,1H3,(H,24,28)(H,25,27)(H,26,29)/t17-,18-,19-/m0/s1. The van der Waals surface area contributed by atoms with E-state index in [4.69, 9.17) is 4.74 Å². The second-order valence-electron chi connectivity index (χ2n) is 8.38. The van der Waals surface area contributed by atoms with Crippen LogP contribution < -0.4 is 16.0 Å². The van der Waals surface area contributed by atoms with Gasteiger partial charge in [-0.2, -0.15) is 0 Å². The molecule has 0 bridgehead atoms. The van der Waals surface area contributed by atoms with Crippen molar-refractivity contribution in [1.29, 1.82) is 0 Å². The second kappa shape index (κ2) is 10.9. The quantitative estimate of drug-likeness (QED) is 0.456. The summed E-state index contributed by atoms with van der Waals surface area (Å²) >= 11 is 0. The molecule has 1 aromatic rings. The van der Waals surface area contributed by atoms with Crippen molar-refractivity contribution >= 4 is 23.7 Å². The van der Waals surface area contributed by atoms with Gasteiger partial charge in [-0.3, -0.25) is 14.4 Å². The van der Waals surface area contributed by atoms with E-state index in [1.54, 1.807) is 0 Å². The first-order valence-electron chi connectivity index (χ1n) is 11.0. The lowest BCUT2D eigenvalue weighted by Crippen LogP contribution is -2.52. The third-order valence-electron chi connectivity index (χ3n) is 5.89. The van der Waals surface area contributed by atoms with Gasteiger partial charge in [0.15, 0.2) is 0 Å². The van der Waals surface area contributed by atoms with E-state index in [2.05, 4.69) is 16.0 Å². The molecule has 8 nitrogen and oxygen atoms in total. The first kappa shape index (κ1) is 22.8. The number of hydrogen-bond acceptors (Lipinski definition) is 5. The smallest absolute Gasteiger partial charge is 0.328 e. The van der Waals surface area contributed by atoms with Crippen LogP contribution >= 0.6 is 0 Å². The highest BCUT2D eigenvalue weighted by Gasteiger charge is 2.35. The Labute approximate surface area is 182 Å². The summed E-state index contributed by atoms with van der Waals surface area (Å²) in [5.74, 6) is -1.25. The van der Waals surface area contributed by atoms with Crippen LogP contribution in [0.1, 0.15) is 44.1 Å². The maximum Gasteiger partial charge on any atom is 0.328 e. The van der Waals surface area contributed by atoms with Crippen LogP contribution in [-0.4, -0.2) is 49.4 Å². The Morgan fingerprint density at radius 2 is 1.81 bits per heavy atom. The Morgan fingerprint density at radius 3 is 2.42 bits per heavy atom. The van der Waals surface area contributed by atoms with Crippen LogP contribution in [0.2, 0.25) is 0 Å². The summed E-state index contributed by atoms with van der Waals surface area (Å²) in [5, 5.41) is 8.30. The lowest BCUT2D eigenvalue weighted by atomic mass is 9.97. The van der Waals surface area contributed by atoms with Crippen LogP contribution in [-0.2, 0) is 30.3 Å². The molecule has 1 saturated carbocycles. The second-order valence-corrected chi connectivity index (χ2v) is 8.38. The van der Waals surface area contributed by atoms with Gasteiger partial charge in [0.25, 0.3) is 0 Å². The SMILES string of the molecule is COC(=O)[C@H](C[C@@H]1CCNC1=O)NC(=O)[C@H](CC1CC1)NC(=O)CCc1ccccc1. The van der Waals surface area contributed by atoms with E-state index in [1.165, 1.54) is 7.11 Å². The number of rotatable bonds is 11. The van der Waals surface area contributed by atoms with Gasteiger partial charge in [-0.1, -0.05) is 43.2 Å². The maximum atomic E-state index is 13.0. The van der Waals surface area contributed by atoms with Crippen LogP contribution in [0.15, 0.2) is 30.3 Å². The number of hydrogen-bond donors (Lipinski definition) is 3. The molecule has 3 atom stereocenters. The summed E-state index contributed by atoms with van der Waals surface area (Å²) in [6, 6.07) is 8.06. The molecule has 1 aliphatic heterocycles. The Morgan fingerprint density at radius 1 is 1.06 bits per heavy atom. The molecule has 1 saturated heterocycles. The highest BCUT2D eigenvalue weighted by Crippen LogP contribution is 2.33. The third-order valence-corrected chi connectivity index (χ3v) is 5.89. The number of amides is 3. The van der Waals surface area contributed by atoms with Crippen LogP contribution in [0.4, 0.5) is 0 Å². The van der Waals surface area contributed by atoms with Gasteiger partial charge in [-0.15, -0.1) is 0 Å². The topological polar surface area (TPSA) is 114 Å². The minimum absolute atomic E-state index is 0.119. The fraction of sp³-hybridized carbons (Fsp3) is 0.565. The van der Waals surface area contributed by atoms with E-state index in [9.17, 15) is 19.2 Å². The Bertz CT molecular complexity index is 794. The monoisotopic (exact) mass is 429 g/mol. The summed E-state index contributed by atoms with van der Waals surface area (Å²) in [5.41, 5.74) is 1.06. The van der Waals surface area contributed by atoms with Crippen molar-refractivity contribution in [2.75, 3.05) is 13.7 Å². The predicted molar refractivity (Wildman–Crippen MR) is 114 cm³/mol. The van der Waals surface area contributed by atoms with Crippen molar-refractivity contribution in [2.45, 2.75) is 57.0 Å². The molecule has 2 fully saturated rings. The number of carbonyl (C=O) groups is 4. The van der Waals surface area contributed by atoms with Gasteiger partial charge in [-0.25, -0.2) is 4.79 Å². The van der Waals surface area contributed by atoms with E-state index in [1.807, 2.05) is 30.3 Å². The lowest BCUT2D eigenvalue weighted by Gasteiger charge is -2.23. The van der Waals surface area contributed by atoms with E-state index < -0.39 is 24.0 Å². The molecule has 8 heteroatoms. The molecule has 0 unspecified atom stereocenters. The van der Waals surface area contributed by atoms with Gasteiger partial charge in [0.1, 0.15) is 12.1 Å². The summed E-state index contributed by atoms with van der Waals surface area (Å²) in [7, 11) is 1.25. The maximum absolute atomic E-state index is 13.0. The molecule has 1 aliphatic carbocycles. The van der Waals surface area contributed by atoms with Gasteiger partial charge in [-0.05, 0) is 37.2 Å². The zero-order chi connectivity index (χ0) is 22.2. The molecule has 0 spiro atoms. The average molecular weight is 430 g/mol. The largest absolute Gasteiger partial charge is 0.467 e. The zero-order valence-corrected chi connectivity index (χ0v) is 17.9. The van der Waals surface area contributed by atoms with Crippen molar-refractivity contribution in [3.05, 3.63) is 35.9 Å². The van der Waals surface area contributed by atoms with E-state index in [-0.39, 0.29) is 30.6 Å². The van der Waals surface area contributed by atoms with Crippen molar-refractivity contribution < 1.29 is 23.9 Å². The molecule has 0 radical (unpaired) electrons. The Hall–Kier alpha value is -2.90. The summed E-state index contributed by atoms with van der Waals surface area (Å²) < 4.78 is 4.83. The molecule has 1 aromatic carbocycles. The number of nitrogens with one attached hydrogen (secondary N) is 3. The molecular weight excluding hydrogens is 398 g/mol. The predicted octanol–water partition coefficient (Wildman–Crippen LogP) is 1.09. The molecule has 1 heterocycles. The fourth-order valence-corrected chi connectivity index (χ4v) is 3.87. The molecule has 168 valence electrons. The van der Waals surface area contributed by atoms with Gasteiger partial charge in [0.2, 0.25) is 17.7 Å². The Balaban J connectivity index is 1.58. The number of ether oxygens (including phenoxy) is 1. The number of carbonyl (C=O) groups excluding carboxylic acids is 4. The zero-order valence-electron chi connectivity index (χ0n) is 17.9. The lowest BCUT2D eigenvalue weighted by molar-refractivity contribution is -0.146. The number of esters is 1. The summed E-state index contributed by atoms with van der Waals surface area (Å²) in [6.07, 6.45) is 4.28. The molecule has 3 rings (SSSR count). The number of methoxy groups -OCH3 is 1. The molecule has 0 aromatic heterocycles. The van der Waals surface area contributed by atoms with Crippen LogP contribution in [0.25, 0.3) is 0 Å². The normalized spacial score (nSPS) is 19.8. The molecular formula is C23H31N3O5. The highest BCUT2D eigenvalue weighted by molar-refractivity contribution is 5.91. The van der Waals surface area contributed by atoms with E-state index >= 15 is 0 Å². The Kier molecular flexibility index (Phi) is 8.03. The van der Waals surface area contributed by atoms with Gasteiger partial charge in [0.05, 0.1) is 7.11 Å². The summed E-state index contributed by atoms with van der Waals surface area (Å²) in [4.78, 5) is 49.6. The van der Waals surface area contributed by atoms with Crippen molar-refractivity contribution in [3.8, 4) is 0 Å². The molecule has 31 heavy (non-hydrogen) atoms. The van der Waals surface area contributed by atoms with Crippen LogP contribution in [0.3, 0.4) is 0 Å². The minimum atomic E-state index is -0.922. The average Bonchev–Trinajstić information content (AvgIpc) is 3.51. The molecule has 3 amide bonds.